The molecule has 1 aromatic heterocycles. The fraction of sp³-hybridized carbons (Fsp3) is 0.261. The van der Waals surface area contributed by atoms with Crippen LogP contribution in [-0.4, -0.2) is 21.6 Å². The lowest BCUT2D eigenvalue weighted by molar-refractivity contribution is -0.136. The fourth-order valence-electron chi connectivity index (χ4n) is 3.49. The first kappa shape index (κ1) is 20.2. The molecular weight excluding hydrogens is 396 g/mol. The van der Waals surface area contributed by atoms with E-state index in [0.29, 0.717) is 12.4 Å². The number of anilines is 1. The van der Waals surface area contributed by atoms with Crippen LogP contribution in [0.3, 0.4) is 0 Å². The van der Waals surface area contributed by atoms with Gasteiger partial charge < -0.3 is 10.6 Å². The van der Waals surface area contributed by atoms with E-state index in [1.54, 1.807) is 16.4 Å². The molecule has 3 aromatic rings. The molecule has 154 valence electrons. The largest absolute Gasteiger partial charge is 0.344 e. The molecule has 2 heterocycles. The number of hydrogen-bond acceptors (Lipinski definition) is 4. The van der Waals surface area contributed by atoms with E-state index < -0.39 is 11.8 Å². The van der Waals surface area contributed by atoms with Gasteiger partial charge in [0.1, 0.15) is 5.82 Å². The van der Waals surface area contributed by atoms with E-state index in [0.717, 1.165) is 50.7 Å². The second-order valence-electron chi connectivity index (χ2n) is 7.59. The minimum Gasteiger partial charge on any atom is -0.344 e. The molecule has 0 fully saturated rings. The Hall–Kier alpha value is -3.06. The van der Waals surface area contributed by atoms with Crippen LogP contribution in [0.2, 0.25) is 0 Å². The average molecular weight is 421 g/mol. The summed E-state index contributed by atoms with van der Waals surface area (Å²) in [7, 11) is 0. The minimum atomic E-state index is -0.687. The summed E-state index contributed by atoms with van der Waals surface area (Å²) in [6.45, 7) is 6.36. The molecule has 0 saturated heterocycles. The molecule has 0 unspecified atom stereocenters. The summed E-state index contributed by atoms with van der Waals surface area (Å²) in [5, 5.41) is 10.2. The monoisotopic (exact) mass is 420 g/mol. The summed E-state index contributed by atoms with van der Waals surface area (Å²) in [4.78, 5) is 25.0. The second-order valence-corrected chi connectivity index (χ2v) is 8.58. The summed E-state index contributed by atoms with van der Waals surface area (Å²) < 4.78 is 1.75. The maximum Gasteiger partial charge on any atom is 0.314 e. The Bertz CT molecular complexity index is 1120. The number of fused-ring (bicyclic) bond motifs is 1. The summed E-state index contributed by atoms with van der Waals surface area (Å²) in [6, 6.07) is 13.9. The maximum absolute atomic E-state index is 12.6. The Morgan fingerprint density at radius 1 is 1.00 bits per heavy atom. The Labute approximate surface area is 180 Å². The average Bonchev–Trinajstić information content (AvgIpc) is 3.30. The number of aryl methyl sites for hydroxylation is 3. The van der Waals surface area contributed by atoms with Gasteiger partial charge in [-0.25, -0.2) is 4.68 Å². The van der Waals surface area contributed by atoms with Gasteiger partial charge in [0.25, 0.3) is 0 Å². The third kappa shape index (κ3) is 4.11. The molecular formula is C23H24N4O2S. The highest BCUT2D eigenvalue weighted by Crippen LogP contribution is 2.36. The number of benzene rings is 2. The molecule has 4 rings (SSSR count). The summed E-state index contributed by atoms with van der Waals surface area (Å²) in [5.74, 6) is 0.796. The molecule has 1 aliphatic rings. The molecule has 0 aliphatic carbocycles. The van der Waals surface area contributed by atoms with Crippen molar-refractivity contribution in [2.24, 2.45) is 0 Å². The third-order valence-corrected chi connectivity index (χ3v) is 6.11. The number of hydrogen-bond donors (Lipinski definition) is 2. The number of amides is 2. The van der Waals surface area contributed by atoms with Crippen molar-refractivity contribution < 1.29 is 9.59 Å². The highest BCUT2D eigenvalue weighted by Gasteiger charge is 2.26. The first-order valence-corrected chi connectivity index (χ1v) is 11.0. The van der Waals surface area contributed by atoms with Crippen LogP contribution in [0.25, 0.3) is 5.69 Å². The number of aromatic nitrogens is 2. The van der Waals surface area contributed by atoms with Gasteiger partial charge in [-0.3, -0.25) is 9.59 Å². The van der Waals surface area contributed by atoms with Crippen molar-refractivity contribution in [3.8, 4) is 5.69 Å². The normalized spacial score (nSPS) is 12.5. The molecule has 0 saturated carbocycles. The second kappa shape index (κ2) is 8.36. The van der Waals surface area contributed by atoms with Crippen molar-refractivity contribution in [3.05, 3.63) is 76.0 Å². The van der Waals surface area contributed by atoms with Crippen molar-refractivity contribution >= 4 is 29.4 Å². The SMILES string of the molecule is Cc1ccc(CNC(=O)C(=O)Nc2c3c(nn2-c2ccc(C)cc2C)CSC3)cc1. The number of carbonyl (C=O) groups is 2. The maximum atomic E-state index is 12.6. The van der Waals surface area contributed by atoms with Gasteiger partial charge in [0.2, 0.25) is 0 Å². The van der Waals surface area contributed by atoms with Crippen LogP contribution in [-0.2, 0) is 27.6 Å². The number of nitrogens with zero attached hydrogens (tertiary/aromatic N) is 2. The first-order valence-electron chi connectivity index (χ1n) is 9.83. The topological polar surface area (TPSA) is 76.0 Å². The van der Waals surface area contributed by atoms with Gasteiger partial charge in [0.05, 0.1) is 11.4 Å². The van der Waals surface area contributed by atoms with Crippen molar-refractivity contribution in [2.45, 2.75) is 38.8 Å². The zero-order chi connectivity index (χ0) is 21.3. The molecule has 0 atom stereocenters. The Balaban J connectivity index is 1.54. The van der Waals surface area contributed by atoms with Gasteiger partial charge in [-0.05, 0) is 38.0 Å². The van der Waals surface area contributed by atoms with E-state index in [1.807, 2.05) is 57.2 Å². The van der Waals surface area contributed by atoms with Crippen LogP contribution < -0.4 is 10.6 Å². The molecule has 2 amide bonds. The number of thioether (sulfide) groups is 1. The highest BCUT2D eigenvalue weighted by atomic mass is 32.2. The zero-order valence-corrected chi connectivity index (χ0v) is 18.1. The van der Waals surface area contributed by atoms with Crippen LogP contribution in [0.1, 0.15) is 33.5 Å². The zero-order valence-electron chi connectivity index (χ0n) is 17.3. The quantitative estimate of drug-likeness (QED) is 0.630. The standard InChI is InChI=1S/C23H24N4O2S/c1-14-4-7-17(8-5-14)11-24-22(28)23(29)25-21-18-12-30-13-19(18)26-27(21)20-9-6-15(2)10-16(20)3/h4-10H,11-13H2,1-3H3,(H,24,28)(H,25,29). The molecule has 0 spiro atoms. The van der Waals surface area contributed by atoms with Gasteiger partial charge in [-0.1, -0.05) is 47.5 Å². The van der Waals surface area contributed by atoms with Gasteiger partial charge in [0, 0.05) is 23.6 Å². The predicted octanol–water partition coefficient (Wildman–Crippen LogP) is 3.80. The van der Waals surface area contributed by atoms with Crippen LogP contribution >= 0.6 is 11.8 Å². The van der Waals surface area contributed by atoms with Gasteiger partial charge in [-0.2, -0.15) is 16.9 Å². The lowest BCUT2D eigenvalue weighted by Gasteiger charge is -2.13. The van der Waals surface area contributed by atoms with E-state index in [2.05, 4.69) is 16.7 Å². The summed E-state index contributed by atoms with van der Waals surface area (Å²) in [5.41, 5.74) is 7.15. The molecule has 6 nitrogen and oxygen atoms in total. The van der Waals surface area contributed by atoms with Crippen molar-refractivity contribution in [1.82, 2.24) is 15.1 Å². The minimum absolute atomic E-state index is 0.302. The van der Waals surface area contributed by atoms with Crippen LogP contribution in [0.15, 0.2) is 42.5 Å². The Kier molecular flexibility index (Phi) is 5.63. The van der Waals surface area contributed by atoms with Crippen LogP contribution in [0.4, 0.5) is 5.82 Å². The number of carbonyl (C=O) groups excluding carboxylic acids is 2. The van der Waals surface area contributed by atoms with E-state index >= 15 is 0 Å². The van der Waals surface area contributed by atoms with Crippen LogP contribution in [0, 0.1) is 20.8 Å². The summed E-state index contributed by atoms with van der Waals surface area (Å²) in [6.07, 6.45) is 0. The highest BCUT2D eigenvalue weighted by molar-refractivity contribution is 7.98. The molecule has 2 aromatic carbocycles. The fourth-order valence-corrected chi connectivity index (χ4v) is 4.53. The van der Waals surface area contributed by atoms with E-state index in [9.17, 15) is 9.59 Å². The van der Waals surface area contributed by atoms with E-state index in [1.165, 1.54) is 0 Å². The molecule has 1 aliphatic heterocycles. The lowest BCUT2D eigenvalue weighted by Crippen LogP contribution is -2.35. The molecule has 7 heteroatoms. The van der Waals surface area contributed by atoms with Crippen molar-refractivity contribution in [2.75, 3.05) is 5.32 Å². The van der Waals surface area contributed by atoms with E-state index in [-0.39, 0.29) is 0 Å². The van der Waals surface area contributed by atoms with Crippen molar-refractivity contribution in [1.29, 1.82) is 0 Å². The molecule has 0 bridgehead atoms. The lowest BCUT2D eigenvalue weighted by atomic mass is 10.1. The molecule has 2 N–H and O–H groups in total. The summed E-state index contributed by atoms with van der Waals surface area (Å²) >= 11 is 1.75. The third-order valence-electron chi connectivity index (χ3n) is 5.14. The predicted molar refractivity (Wildman–Crippen MR) is 120 cm³/mol. The first-order chi connectivity index (χ1) is 14.4. The number of nitrogens with one attached hydrogen (secondary N) is 2. The smallest absolute Gasteiger partial charge is 0.314 e. The Morgan fingerprint density at radius 3 is 2.47 bits per heavy atom. The van der Waals surface area contributed by atoms with E-state index in [4.69, 9.17) is 5.10 Å². The Morgan fingerprint density at radius 2 is 1.73 bits per heavy atom. The molecule has 30 heavy (non-hydrogen) atoms. The van der Waals surface area contributed by atoms with Gasteiger partial charge >= 0.3 is 11.8 Å². The number of rotatable bonds is 4. The van der Waals surface area contributed by atoms with Crippen LogP contribution in [0.5, 0.6) is 0 Å². The van der Waals surface area contributed by atoms with Crippen molar-refractivity contribution in [3.63, 3.8) is 0 Å². The van der Waals surface area contributed by atoms with Gasteiger partial charge in [0.15, 0.2) is 0 Å². The molecule has 0 radical (unpaired) electrons. The van der Waals surface area contributed by atoms with Gasteiger partial charge in [-0.15, -0.1) is 0 Å².